The smallest absolute Gasteiger partial charge is 0.371 e. The Kier molecular flexibility index (Phi) is 2.47. The van der Waals surface area contributed by atoms with E-state index in [-0.39, 0.29) is 11.8 Å². The Morgan fingerprint density at radius 2 is 2.35 bits per heavy atom. The van der Waals surface area contributed by atoms with Crippen molar-refractivity contribution in [3.05, 3.63) is 23.7 Å². The normalized spacial score (nSPS) is 29.7. The topological polar surface area (TPSA) is 53.7 Å². The number of hydrogen-bond acceptors (Lipinski definition) is 3. The molecule has 92 valence electrons. The van der Waals surface area contributed by atoms with Crippen LogP contribution in [0.5, 0.6) is 0 Å². The lowest BCUT2D eigenvalue weighted by atomic mass is 10.1. The molecular weight excluding hydrogens is 218 g/mol. The monoisotopic (exact) mass is 235 g/mol. The number of rotatable bonds is 3. The predicted molar refractivity (Wildman–Crippen MR) is 61.9 cm³/mol. The zero-order chi connectivity index (χ0) is 12.0. The zero-order valence-electron chi connectivity index (χ0n) is 9.93. The summed E-state index contributed by atoms with van der Waals surface area (Å²) in [7, 11) is 0. The molecule has 0 spiro atoms. The number of likely N-dealkylation sites (tertiary alicyclic amines) is 1. The van der Waals surface area contributed by atoms with E-state index >= 15 is 0 Å². The van der Waals surface area contributed by atoms with Crippen molar-refractivity contribution in [2.24, 2.45) is 5.92 Å². The Morgan fingerprint density at radius 3 is 2.88 bits per heavy atom. The second-order valence-electron chi connectivity index (χ2n) is 5.21. The van der Waals surface area contributed by atoms with Crippen LogP contribution in [0.25, 0.3) is 0 Å². The maximum absolute atomic E-state index is 10.8. The molecule has 0 aromatic carbocycles. The molecule has 1 aliphatic heterocycles. The third kappa shape index (κ3) is 1.76. The van der Waals surface area contributed by atoms with Gasteiger partial charge in [-0.1, -0.05) is 0 Å². The molecule has 2 bridgehead atoms. The molecule has 3 rings (SSSR count). The summed E-state index contributed by atoms with van der Waals surface area (Å²) in [6.45, 7) is 3.24. The lowest BCUT2D eigenvalue weighted by molar-refractivity contribution is 0.0653. The van der Waals surface area contributed by atoms with Gasteiger partial charge < -0.3 is 9.52 Å². The van der Waals surface area contributed by atoms with Crippen molar-refractivity contribution in [3.63, 3.8) is 0 Å². The average Bonchev–Trinajstić information content (AvgIpc) is 3.03. The molecule has 4 nitrogen and oxygen atoms in total. The van der Waals surface area contributed by atoms with Crippen LogP contribution in [0.1, 0.15) is 48.5 Å². The van der Waals surface area contributed by atoms with Crippen LogP contribution < -0.4 is 0 Å². The maximum atomic E-state index is 10.8. The van der Waals surface area contributed by atoms with Crippen molar-refractivity contribution in [3.8, 4) is 0 Å². The van der Waals surface area contributed by atoms with Crippen LogP contribution >= 0.6 is 0 Å². The molecule has 3 unspecified atom stereocenters. The first-order chi connectivity index (χ1) is 8.15. The van der Waals surface area contributed by atoms with E-state index in [9.17, 15) is 4.79 Å². The van der Waals surface area contributed by atoms with E-state index < -0.39 is 5.97 Å². The van der Waals surface area contributed by atoms with E-state index in [1.807, 2.05) is 0 Å². The Bertz CT molecular complexity index is 440. The minimum Gasteiger partial charge on any atom is -0.475 e. The van der Waals surface area contributed by atoms with Crippen LogP contribution in [0, 0.1) is 5.92 Å². The van der Waals surface area contributed by atoms with Crippen LogP contribution in [0.4, 0.5) is 0 Å². The molecule has 2 fully saturated rings. The molecule has 1 aliphatic carbocycles. The third-order valence-electron chi connectivity index (χ3n) is 4.20. The van der Waals surface area contributed by atoms with Crippen molar-refractivity contribution in [2.45, 2.75) is 38.3 Å². The minimum absolute atomic E-state index is 0.0382. The first kappa shape index (κ1) is 10.8. The summed E-state index contributed by atoms with van der Waals surface area (Å²) in [5.74, 6) is 0.661. The van der Waals surface area contributed by atoms with E-state index in [0.29, 0.717) is 6.04 Å². The minimum atomic E-state index is -0.994. The number of hydrogen-bond donors (Lipinski definition) is 1. The Labute approximate surface area is 100 Å². The molecule has 0 radical (unpaired) electrons. The predicted octanol–water partition coefficient (Wildman–Crippen LogP) is 2.52. The summed E-state index contributed by atoms with van der Waals surface area (Å²) in [4.78, 5) is 13.2. The molecule has 3 atom stereocenters. The zero-order valence-corrected chi connectivity index (χ0v) is 9.93. The lowest BCUT2D eigenvalue weighted by Crippen LogP contribution is -2.34. The summed E-state index contributed by atoms with van der Waals surface area (Å²) >= 11 is 0. The molecule has 2 heterocycles. The first-order valence-corrected chi connectivity index (χ1v) is 6.24. The van der Waals surface area contributed by atoms with Gasteiger partial charge in [-0.15, -0.1) is 0 Å². The highest BCUT2D eigenvalue weighted by Crippen LogP contribution is 2.42. The summed E-state index contributed by atoms with van der Waals surface area (Å²) in [5.41, 5.74) is 0. The number of furan rings is 1. The molecule has 0 amide bonds. The van der Waals surface area contributed by atoms with Crippen LogP contribution in [-0.2, 0) is 0 Å². The molecule has 1 saturated carbocycles. The molecule has 1 aromatic heterocycles. The largest absolute Gasteiger partial charge is 0.475 e. The summed E-state index contributed by atoms with van der Waals surface area (Å²) in [5, 5.41) is 8.84. The van der Waals surface area contributed by atoms with E-state index in [1.165, 1.54) is 19.3 Å². The Balaban J connectivity index is 1.77. The highest BCUT2D eigenvalue weighted by molar-refractivity contribution is 5.84. The van der Waals surface area contributed by atoms with Crippen LogP contribution in [0.2, 0.25) is 0 Å². The average molecular weight is 235 g/mol. The maximum Gasteiger partial charge on any atom is 0.371 e. The summed E-state index contributed by atoms with van der Waals surface area (Å²) < 4.78 is 5.39. The second kappa shape index (κ2) is 3.88. The molecule has 1 saturated heterocycles. The Morgan fingerprint density at radius 1 is 1.53 bits per heavy atom. The number of nitrogens with zero attached hydrogens (tertiary/aromatic N) is 1. The Hall–Kier alpha value is -1.29. The van der Waals surface area contributed by atoms with E-state index in [2.05, 4.69) is 11.8 Å². The summed E-state index contributed by atoms with van der Waals surface area (Å²) in [6, 6.07) is 4.20. The molecule has 1 N–H and O–H groups in total. The number of fused-ring (bicyclic) bond motifs is 2. The second-order valence-corrected chi connectivity index (χ2v) is 5.21. The van der Waals surface area contributed by atoms with Gasteiger partial charge in [-0.25, -0.2) is 4.79 Å². The molecule has 1 aromatic rings. The van der Waals surface area contributed by atoms with Crippen molar-refractivity contribution in [1.29, 1.82) is 0 Å². The van der Waals surface area contributed by atoms with Crippen molar-refractivity contribution < 1.29 is 14.3 Å². The standard InChI is InChI=1S/C13H17NO3/c1-8(11-4-5-12(17-11)13(15)16)14-7-9-2-3-10(14)6-9/h4-5,8-10H,2-3,6-7H2,1H3,(H,15,16). The first-order valence-electron chi connectivity index (χ1n) is 6.24. The van der Waals surface area contributed by atoms with E-state index in [4.69, 9.17) is 9.52 Å². The number of carboxylic acids is 1. The van der Waals surface area contributed by atoms with Crippen molar-refractivity contribution >= 4 is 5.97 Å². The third-order valence-corrected chi connectivity index (χ3v) is 4.20. The molecular formula is C13H17NO3. The van der Waals surface area contributed by atoms with Gasteiger partial charge >= 0.3 is 5.97 Å². The fraction of sp³-hybridized carbons (Fsp3) is 0.615. The van der Waals surface area contributed by atoms with Crippen molar-refractivity contribution in [2.75, 3.05) is 6.54 Å². The van der Waals surface area contributed by atoms with Gasteiger partial charge in [-0.3, -0.25) is 4.90 Å². The van der Waals surface area contributed by atoms with Crippen LogP contribution in [0.3, 0.4) is 0 Å². The van der Waals surface area contributed by atoms with Gasteiger partial charge in [0.2, 0.25) is 5.76 Å². The van der Waals surface area contributed by atoms with Crippen molar-refractivity contribution in [1.82, 2.24) is 4.90 Å². The van der Waals surface area contributed by atoms with Crippen LogP contribution in [0.15, 0.2) is 16.5 Å². The quantitative estimate of drug-likeness (QED) is 0.874. The van der Waals surface area contributed by atoms with Gasteiger partial charge in [-0.05, 0) is 44.2 Å². The van der Waals surface area contributed by atoms with Gasteiger partial charge in [0.05, 0.1) is 6.04 Å². The van der Waals surface area contributed by atoms with Gasteiger partial charge in [-0.2, -0.15) is 0 Å². The number of aromatic carboxylic acids is 1. The highest BCUT2D eigenvalue weighted by Gasteiger charge is 2.40. The fourth-order valence-electron chi connectivity index (χ4n) is 3.29. The van der Waals surface area contributed by atoms with E-state index in [1.54, 1.807) is 12.1 Å². The van der Waals surface area contributed by atoms with Gasteiger partial charge in [0.25, 0.3) is 0 Å². The van der Waals surface area contributed by atoms with Gasteiger partial charge in [0.15, 0.2) is 0 Å². The molecule has 17 heavy (non-hydrogen) atoms. The van der Waals surface area contributed by atoms with Crippen LogP contribution in [-0.4, -0.2) is 28.6 Å². The summed E-state index contributed by atoms with van der Waals surface area (Å²) in [6.07, 6.45) is 3.94. The van der Waals surface area contributed by atoms with Gasteiger partial charge in [0, 0.05) is 12.6 Å². The van der Waals surface area contributed by atoms with Gasteiger partial charge in [0.1, 0.15) is 5.76 Å². The number of piperidine rings is 1. The molecule has 4 heteroatoms. The fourth-order valence-corrected chi connectivity index (χ4v) is 3.29. The SMILES string of the molecule is CC(c1ccc(C(=O)O)o1)N1CC2CCC1C2. The van der Waals surface area contributed by atoms with E-state index in [0.717, 1.165) is 18.2 Å². The highest BCUT2D eigenvalue weighted by atomic mass is 16.4. The number of carboxylic acid groups (broad SMARTS) is 1. The molecule has 2 aliphatic rings. The number of carbonyl (C=O) groups is 1. The lowest BCUT2D eigenvalue weighted by Gasteiger charge is -2.31.